The minimum Gasteiger partial charge on any atom is -0.423 e. The van der Waals surface area contributed by atoms with Gasteiger partial charge in [0.2, 0.25) is 18.2 Å². The zero-order valence-electron chi connectivity index (χ0n) is 15.4. The molecule has 0 atom stereocenters. The van der Waals surface area contributed by atoms with Crippen LogP contribution in [-0.4, -0.2) is 16.1 Å². The van der Waals surface area contributed by atoms with Gasteiger partial charge in [0.15, 0.2) is 0 Å². The number of nitrogens with one attached hydrogen (secondary N) is 1. The maximum Gasteiger partial charge on any atom is 0.416 e. The Balaban J connectivity index is 1.60. The minimum absolute atomic E-state index is 0.292. The summed E-state index contributed by atoms with van der Waals surface area (Å²) in [5, 5.41) is 10.3. The van der Waals surface area contributed by atoms with Gasteiger partial charge in [0.05, 0.1) is 11.0 Å². The molecule has 5 nitrogen and oxygen atoms in total. The van der Waals surface area contributed by atoms with E-state index in [0.717, 1.165) is 25.0 Å². The Morgan fingerprint density at radius 1 is 1.07 bits per heavy atom. The van der Waals surface area contributed by atoms with Gasteiger partial charge in [0.25, 0.3) is 0 Å². The maximum absolute atomic E-state index is 13.2. The van der Waals surface area contributed by atoms with Crippen LogP contribution in [0.5, 0.6) is 0 Å². The average Bonchev–Trinajstić information content (AvgIpc) is 3.41. The van der Waals surface area contributed by atoms with E-state index in [-0.39, 0.29) is 5.91 Å². The third kappa shape index (κ3) is 3.74. The van der Waals surface area contributed by atoms with E-state index in [2.05, 4.69) is 15.5 Å². The topological polar surface area (TPSA) is 68.0 Å². The monoisotopic (exact) mass is 401 g/mol. The molecule has 1 N–H and O–H groups in total. The molecule has 0 bridgehead atoms. The highest BCUT2D eigenvalue weighted by molar-refractivity contribution is 5.99. The van der Waals surface area contributed by atoms with Crippen LogP contribution in [-0.2, 0) is 16.4 Å². The summed E-state index contributed by atoms with van der Waals surface area (Å²) in [6.45, 7) is 0. The summed E-state index contributed by atoms with van der Waals surface area (Å²) in [5.74, 6) is 0.0685. The van der Waals surface area contributed by atoms with E-state index < -0.39 is 17.2 Å². The van der Waals surface area contributed by atoms with E-state index >= 15 is 0 Å². The van der Waals surface area contributed by atoms with Gasteiger partial charge in [-0.3, -0.25) is 4.79 Å². The molecule has 0 saturated heterocycles. The van der Waals surface area contributed by atoms with Crippen molar-refractivity contribution in [1.29, 1.82) is 0 Å². The quantitative estimate of drug-likeness (QED) is 0.652. The fraction of sp³-hybridized carbons (Fsp3) is 0.286. The Hall–Kier alpha value is -3.16. The number of hydrogen-bond acceptors (Lipinski definition) is 4. The fourth-order valence-electron chi connectivity index (χ4n) is 3.86. The third-order valence-electron chi connectivity index (χ3n) is 5.38. The van der Waals surface area contributed by atoms with Gasteiger partial charge >= 0.3 is 6.18 Å². The van der Waals surface area contributed by atoms with Crippen LogP contribution < -0.4 is 5.32 Å². The van der Waals surface area contributed by atoms with Crippen LogP contribution >= 0.6 is 0 Å². The first-order chi connectivity index (χ1) is 13.9. The number of carbonyl (C=O) groups is 1. The highest BCUT2D eigenvalue weighted by atomic mass is 19.4. The number of carbonyl (C=O) groups excluding carboxylic acids is 1. The van der Waals surface area contributed by atoms with Crippen molar-refractivity contribution in [2.75, 3.05) is 5.32 Å². The summed E-state index contributed by atoms with van der Waals surface area (Å²) >= 11 is 0. The molecule has 150 valence electrons. The van der Waals surface area contributed by atoms with Gasteiger partial charge in [-0.2, -0.15) is 13.2 Å². The molecule has 1 aromatic heterocycles. The molecule has 0 spiro atoms. The minimum atomic E-state index is -4.45. The van der Waals surface area contributed by atoms with Crippen molar-refractivity contribution in [3.05, 3.63) is 66.1 Å². The molecule has 3 aromatic rings. The molecule has 8 heteroatoms. The molecule has 1 aliphatic carbocycles. The zero-order chi connectivity index (χ0) is 20.5. The van der Waals surface area contributed by atoms with Crippen LogP contribution in [0.25, 0.3) is 11.5 Å². The molecule has 29 heavy (non-hydrogen) atoms. The lowest BCUT2D eigenvalue weighted by molar-refractivity contribution is -0.137. The zero-order valence-corrected chi connectivity index (χ0v) is 15.4. The second-order valence-corrected chi connectivity index (χ2v) is 7.14. The lowest BCUT2D eigenvalue weighted by Gasteiger charge is -2.29. The highest BCUT2D eigenvalue weighted by Crippen LogP contribution is 2.43. The number of benzene rings is 2. The van der Waals surface area contributed by atoms with E-state index in [1.165, 1.54) is 12.5 Å². The average molecular weight is 401 g/mol. The summed E-state index contributed by atoms with van der Waals surface area (Å²) < 4.78 is 44.6. The van der Waals surface area contributed by atoms with Crippen LogP contribution in [0.2, 0.25) is 0 Å². The fourth-order valence-corrected chi connectivity index (χ4v) is 3.86. The number of alkyl halides is 3. The molecule has 1 heterocycles. The summed E-state index contributed by atoms with van der Waals surface area (Å²) in [4.78, 5) is 13.2. The van der Waals surface area contributed by atoms with Crippen molar-refractivity contribution >= 4 is 11.6 Å². The summed E-state index contributed by atoms with van der Waals surface area (Å²) in [6, 6.07) is 12.0. The van der Waals surface area contributed by atoms with Gasteiger partial charge in [-0.1, -0.05) is 31.0 Å². The molecule has 0 aliphatic heterocycles. The lowest BCUT2D eigenvalue weighted by Crippen LogP contribution is -2.38. The van der Waals surface area contributed by atoms with E-state index in [4.69, 9.17) is 4.42 Å². The molecule has 0 radical (unpaired) electrons. The molecule has 4 rings (SSSR count). The Morgan fingerprint density at radius 3 is 2.41 bits per heavy atom. The molecular formula is C21H18F3N3O2. The Bertz CT molecular complexity index is 993. The SMILES string of the molecule is O=C(Nc1ccc(-c2nnco2)cc1)C1(c2cccc(C(F)(F)F)c2)CCCC1. The summed E-state index contributed by atoms with van der Waals surface area (Å²) in [7, 11) is 0. The number of nitrogens with zero attached hydrogens (tertiary/aromatic N) is 2. The molecule has 1 fully saturated rings. The van der Waals surface area contributed by atoms with Crippen LogP contribution in [0.15, 0.2) is 59.3 Å². The Labute approximate surface area is 165 Å². The van der Waals surface area contributed by atoms with Crippen molar-refractivity contribution in [3.63, 3.8) is 0 Å². The van der Waals surface area contributed by atoms with Gasteiger partial charge in [0.1, 0.15) is 0 Å². The largest absolute Gasteiger partial charge is 0.423 e. The smallest absolute Gasteiger partial charge is 0.416 e. The van der Waals surface area contributed by atoms with Gasteiger partial charge in [-0.25, -0.2) is 0 Å². The second-order valence-electron chi connectivity index (χ2n) is 7.14. The predicted molar refractivity (Wildman–Crippen MR) is 100.0 cm³/mol. The number of aromatic nitrogens is 2. The van der Waals surface area contributed by atoms with Gasteiger partial charge in [0, 0.05) is 11.3 Å². The molecule has 2 aromatic carbocycles. The normalized spacial score (nSPS) is 16.0. The summed E-state index contributed by atoms with van der Waals surface area (Å²) in [5.41, 5.74) is -0.0415. The van der Waals surface area contributed by atoms with E-state index in [9.17, 15) is 18.0 Å². The Morgan fingerprint density at radius 2 is 1.79 bits per heavy atom. The van der Waals surface area contributed by atoms with Crippen LogP contribution in [0, 0.1) is 0 Å². The van der Waals surface area contributed by atoms with Gasteiger partial charge in [-0.15, -0.1) is 10.2 Å². The van der Waals surface area contributed by atoms with Crippen molar-refractivity contribution in [3.8, 4) is 11.5 Å². The van der Waals surface area contributed by atoms with Crippen LogP contribution in [0.1, 0.15) is 36.8 Å². The van der Waals surface area contributed by atoms with Crippen LogP contribution in [0.3, 0.4) is 0 Å². The molecule has 0 unspecified atom stereocenters. The number of amides is 1. The molecular weight excluding hydrogens is 383 g/mol. The van der Waals surface area contributed by atoms with Crippen molar-refractivity contribution in [2.24, 2.45) is 0 Å². The predicted octanol–water partition coefficient (Wildman–Crippen LogP) is 5.21. The van der Waals surface area contributed by atoms with Crippen molar-refractivity contribution in [2.45, 2.75) is 37.3 Å². The van der Waals surface area contributed by atoms with Gasteiger partial charge in [-0.05, 0) is 48.7 Å². The van der Waals surface area contributed by atoms with E-state index in [1.807, 2.05) is 0 Å². The Kier molecular flexibility index (Phi) is 4.86. The number of rotatable bonds is 4. The molecule has 1 amide bonds. The highest BCUT2D eigenvalue weighted by Gasteiger charge is 2.44. The second kappa shape index (κ2) is 7.35. The van der Waals surface area contributed by atoms with E-state index in [0.29, 0.717) is 35.5 Å². The first kappa shape index (κ1) is 19.2. The number of anilines is 1. The third-order valence-corrected chi connectivity index (χ3v) is 5.38. The standard InChI is InChI=1S/C21H18F3N3O2/c22-21(23,24)16-5-3-4-15(12-16)20(10-1-2-11-20)19(28)26-17-8-6-14(7-9-17)18-27-25-13-29-18/h3-9,12-13H,1-2,10-11H2,(H,26,28). The summed E-state index contributed by atoms with van der Waals surface area (Å²) in [6.07, 6.45) is -0.610. The molecule has 1 saturated carbocycles. The first-order valence-electron chi connectivity index (χ1n) is 9.24. The number of hydrogen-bond donors (Lipinski definition) is 1. The maximum atomic E-state index is 13.2. The van der Waals surface area contributed by atoms with Crippen molar-refractivity contribution < 1.29 is 22.4 Å². The van der Waals surface area contributed by atoms with Gasteiger partial charge < -0.3 is 9.73 Å². The first-order valence-corrected chi connectivity index (χ1v) is 9.24. The van der Waals surface area contributed by atoms with E-state index in [1.54, 1.807) is 30.3 Å². The number of halogens is 3. The van der Waals surface area contributed by atoms with Crippen molar-refractivity contribution in [1.82, 2.24) is 10.2 Å². The molecule has 1 aliphatic rings. The van der Waals surface area contributed by atoms with Crippen LogP contribution in [0.4, 0.5) is 18.9 Å². The lowest BCUT2D eigenvalue weighted by atomic mass is 9.77.